The molecule has 1 heterocycles. The molecule has 1 fully saturated rings. The zero-order chi connectivity index (χ0) is 13.6. The van der Waals surface area contributed by atoms with E-state index in [0.717, 1.165) is 26.2 Å². The summed E-state index contributed by atoms with van der Waals surface area (Å²) in [4.78, 5) is 2.38. The normalized spacial score (nSPS) is 23.8. The molecule has 0 aromatic heterocycles. The molecular weight excluding hydrogens is 228 g/mol. The van der Waals surface area contributed by atoms with E-state index in [1.165, 1.54) is 12.8 Å². The first-order chi connectivity index (χ1) is 8.49. The first kappa shape index (κ1) is 15.9. The Hall–Kier alpha value is -0.160. The summed E-state index contributed by atoms with van der Waals surface area (Å²) in [7, 11) is 0. The molecule has 0 saturated carbocycles. The van der Waals surface area contributed by atoms with Gasteiger partial charge >= 0.3 is 0 Å². The van der Waals surface area contributed by atoms with Crippen LogP contribution in [0.15, 0.2) is 0 Å². The molecule has 4 heteroatoms. The topological polar surface area (TPSA) is 44.7 Å². The number of nitrogens with zero attached hydrogens (tertiary/aromatic N) is 1. The van der Waals surface area contributed by atoms with Gasteiger partial charge in [0, 0.05) is 25.7 Å². The lowest BCUT2D eigenvalue weighted by molar-refractivity contribution is 0.0531. The smallest absolute Gasteiger partial charge is 0.0702 e. The van der Waals surface area contributed by atoms with Gasteiger partial charge in [0.1, 0.15) is 0 Å². The Morgan fingerprint density at radius 2 is 2.22 bits per heavy atom. The fraction of sp³-hybridized carbons (Fsp3) is 1.00. The van der Waals surface area contributed by atoms with Crippen LogP contribution in [0.2, 0.25) is 0 Å². The second kappa shape index (κ2) is 7.43. The van der Waals surface area contributed by atoms with Crippen molar-refractivity contribution in [2.24, 2.45) is 0 Å². The van der Waals surface area contributed by atoms with Crippen molar-refractivity contribution in [1.82, 2.24) is 10.2 Å². The summed E-state index contributed by atoms with van der Waals surface area (Å²) >= 11 is 0. The number of aliphatic hydroxyl groups excluding tert-OH is 1. The fourth-order valence-electron chi connectivity index (χ4n) is 2.71. The van der Waals surface area contributed by atoms with E-state index < -0.39 is 0 Å². The summed E-state index contributed by atoms with van der Waals surface area (Å²) in [5.74, 6) is 0. The highest BCUT2D eigenvalue weighted by molar-refractivity contribution is 4.88. The number of likely N-dealkylation sites (N-methyl/N-ethyl adjacent to an activating group) is 1. The van der Waals surface area contributed by atoms with Crippen LogP contribution >= 0.6 is 0 Å². The van der Waals surface area contributed by atoms with E-state index in [1.807, 2.05) is 0 Å². The molecule has 1 saturated heterocycles. The van der Waals surface area contributed by atoms with Gasteiger partial charge in [-0.1, -0.05) is 20.8 Å². The fourth-order valence-corrected chi connectivity index (χ4v) is 2.71. The van der Waals surface area contributed by atoms with Crippen molar-refractivity contribution in [2.75, 3.05) is 32.8 Å². The predicted molar refractivity (Wildman–Crippen MR) is 74.9 cm³/mol. The Morgan fingerprint density at radius 3 is 2.67 bits per heavy atom. The van der Waals surface area contributed by atoms with Crippen molar-refractivity contribution >= 4 is 0 Å². The van der Waals surface area contributed by atoms with Crippen LogP contribution in [-0.4, -0.2) is 60.5 Å². The minimum Gasteiger partial charge on any atom is -0.394 e. The molecule has 0 aromatic rings. The van der Waals surface area contributed by atoms with Crippen LogP contribution < -0.4 is 5.32 Å². The van der Waals surface area contributed by atoms with Crippen molar-refractivity contribution in [1.29, 1.82) is 0 Å². The average molecular weight is 258 g/mol. The molecule has 1 rings (SSSR count). The third kappa shape index (κ3) is 5.22. The molecular formula is C14H30N2O2. The van der Waals surface area contributed by atoms with Crippen molar-refractivity contribution < 1.29 is 9.84 Å². The molecule has 0 aliphatic carbocycles. The van der Waals surface area contributed by atoms with Crippen LogP contribution in [0.1, 0.15) is 40.5 Å². The standard InChI is InChI=1S/C14H30N2O2/c1-5-16(9-13-7-6-8-18-13)10-14(4,11-17)15-12(2)3/h12-13,15,17H,5-11H2,1-4H3. The molecule has 2 atom stereocenters. The lowest BCUT2D eigenvalue weighted by atomic mass is 10.0. The Morgan fingerprint density at radius 1 is 1.50 bits per heavy atom. The van der Waals surface area contributed by atoms with Gasteiger partial charge in [0.05, 0.1) is 18.2 Å². The van der Waals surface area contributed by atoms with Crippen molar-refractivity contribution in [3.05, 3.63) is 0 Å². The Labute approximate surface area is 112 Å². The van der Waals surface area contributed by atoms with Crippen LogP contribution in [0.3, 0.4) is 0 Å². The van der Waals surface area contributed by atoms with Crippen LogP contribution in [0, 0.1) is 0 Å². The van der Waals surface area contributed by atoms with E-state index in [4.69, 9.17) is 4.74 Å². The van der Waals surface area contributed by atoms with Crippen LogP contribution in [-0.2, 0) is 4.74 Å². The van der Waals surface area contributed by atoms with Gasteiger partial charge in [0.2, 0.25) is 0 Å². The van der Waals surface area contributed by atoms with Gasteiger partial charge in [-0.15, -0.1) is 0 Å². The van der Waals surface area contributed by atoms with Gasteiger partial charge in [-0.2, -0.15) is 0 Å². The van der Waals surface area contributed by atoms with E-state index in [2.05, 4.69) is 37.9 Å². The predicted octanol–water partition coefficient (Wildman–Crippen LogP) is 1.24. The zero-order valence-electron chi connectivity index (χ0n) is 12.4. The summed E-state index contributed by atoms with van der Waals surface area (Å²) in [6.45, 7) is 12.4. The third-order valence-corrected chi connectivity index (χ3v) is 3.49. The number of rotatable bonds is 8. The third-order valence-electron chi connectivity index (χ3n) is 3.49. The van der Waals surface area contributed by atoms with Crippen molar-refractivity contribution in [2.45, 2.75) is 58.2 Å². The minimum absolute atomic E-state index is 0.160. The summed E-state index contributed by atoms with van der Waals surface area (Å²) in [6.07, 6.45) is 2.74. The molecule has 4 nitrogen and oxygen atoms in total. The van der Waals surface area contributed by atoms with E-state index in [9.17, 15) is 5.11 Å². The zero-order valence-corrected chi connectivity index (χ0v) is 12.4. The van der Waals surface area contributed by atoms with Crippen molar-refractivity contribution in [3.63, 3.8) is 0 Å². The minimum atomic E-state index is -0.233. The molecule has 0 amide bonds. The Kier molecular flexibility index (Phi) is 6.57. The molecule has 0 radical (unpaired) electrons. The van der Waals surface area contributed by atoms with Gasteiger partial charge in [-0.25, -0.2) is 0 Å². The first-order valence-electron chi connectivity index (χ1n) is 7.21. The van der Waals surface area contributed by atoms with Gasteiger partial charge in [0.25, 0.3) is 0 Å². The molecule has 0 bridgehead atoms. The lowest BCUT2D eigenvalue weighted by Gasteiger charge is -2.37. The SMILES string of the molecule is CCN(CC1CCCO1)CC(C)(CO)NC(C)C. The number of hydrogen-bond acceptors (Lipinski definition) is 4. The van der Waals surface area contributed by atoms with Crippen LogP contribution in [0.5, 0.6) is 0 Å². The van der Waals surface area contributed by atoms with Gasteiger partial charge in [0.15, 0.2) is 0 Å². The summed E-state index contributed by atoms with van der Waals surface area (Å²) in [5, 5.41) is 13.1. The highest BCUT2D eigenvalue weighted by Gasteiger charge is 2.28. The number of nitrogens with one attached hydrogen (secondary N) is 1. The molecule has 2 unspecified atom stereocenters. The molecule has 18 heavy (non-hydrogen) atoms. The Balaban J connectivity index is 2.47. The second-order valence-corrected chi connectivity index (χ2v) is 5.98. The van der Waals surface area contributed by atoms with E-state index in [1.54, 1.807) is 0 Å². The van der Waals surface area contributed by atoms with Gasteiger partial charge < -0.3 is 15.2 Å². The number of aliphatic hydroxyl groups is 1. The van der Waals surface area contributed by atoms with Gasteiger partial charge in [-0.3, -0.25) is 4.90 Å². The van der Waals surface area contributed by atoms with Crippen molar-refractivity contribution in [3.8, 4) is 0 Å². The van der Waals surface area contributed by atoms with Crippen LogP contribution in [0.25, 0.3) is 0 Å². The molecule has 108 valence electrons. The maximum atomic E-state index is 9.62. The molecule has 1 aliphatic rings. The number of ether oxygens (including phenoxy) is 1. The second-order valence-electron chi connectivity index (χ2n) is 5.98. The van der Waals surface area contributed by atoms with E-state index >= 15 is 0 Å². The monoisotopic (exact) mass is 258 g/mol. The van der Waals surface area contributed by atoms with Crippen LogP contribution in [0.4, 0.5) is 0 Å². The first-order valence-corrected chi connectivity index (χ1v) is 7.21. The Bertz CT molecular complexity index is 230. The number of hydrogen-bond donors (Lipinski definition) is 2. The molecule has 0 aromatic carbocycles. The molecule has 1 aliphatic heterocycles. The largest absolute Gasteiger partial charge is 0.394 e. The maximum Gasteiger partial charge on any atom is 0.0702 e. The molecule has 0 spiro atoms. The molecule has 2 N–H and O–H groups in total. The summed E-state index contributed by atoms with van der Waals surface area (Å²) in [5.41, 5.74) is -0.233. The van der Waals surface area contributed by atoms with Gasteiger partial charge in [-0.05, 0) is 26.3 Å². The summed E-state index contributed by atoms with van der Waals surface area (Å²) in [6, 6.07) is 0.378. The average Bonchev–Trinajstić information content (AvgIpc) is 2.80. The highest BCUT2D eigenvalue weighted by Crippen LogP contribution is 2.15. The maximum absolute atomic E-state index is 9.62. The van der Waals surface area contributed by atoms with E-state index in [0.29, 0.717) is 12.1 Å². The lowest BCUT2D eigenvalue weighted by Crippen LogP contribution is -2.57. The summed E-state index contributed by atoms with van der Waals surface area (Å²) < 4.78 is 5.69. The quantitative estimate of drug-likeness (QED) is 0.687. The highest BCUT2D eigenvalue weighted by atomic mass is 16.5. The van der Waals surface area contributed by atoms with E-state index in [-0.39, 0.29) is 12.1 Å².